The number of hydrogen-bond donors (Lipinski definition) is 1. The fourth-order valence-electron chi connectivity index (χ4n) is 2.87. The first-order valence-electron chi connectivity index (χ1n) is 7.16. The van der Waals surface area contributed by atoms with Gasteiger partial charge in [0.05, 0.1) is 5.60 Å². The maximum absolute atomic E-state index is 10.9. The summed E-state index contributed by atoms with van der Waals surface area (Å²) < 4.78 is 0. The molecule has 0 aliphatic carbocycles. The highest BCUT2D eigenvalue weighted by Gasteiger charge is 2.31. The SMILES string of the molecule is CCCN1CCCC(O)(c2ccc(C)cc2)CC1. The van der Waals surface area contributed by atoms with Crippen molar-refractivity contribution < 1.29 is 5.11 Å². The summed E-state index contributed by atoms with van der Waals surface area (Å²) in [5, 5.41) is 10.9. The van der Waals surface area contributed by atoms with Crippen molar-refractivity contribution in [3.63, 3.8) is 0 Å². The number of aliphatic hydroxyl groups is 1. The second-order valence-electron chi connectivity index (χ2n) is 5.59. The molecule has 1 aliphatic rings. The fraction of sp³-hybridized carbons (Fsp3) is 0.625. The number of rotatable bonds is 3. The maximum Gasteiger partial charge on any atom is 0.0909 e. The van der Waals surface area contributed by atoms with Gasteiger partial charge in [0.2, 0.25) is 0 Å². The van der Waals surface area contributed by atoms with E-state index in [0.717, 1.165) is 44.5 Å². The molecule has 1 saturated heterocycles. The van der Waals surface area contributed by atoms with Gasteiger partial charge in [0, 0.05) is 6.54 Å². The standard InChI is InChI=1S/C16H25NO/c1-3-11-17-12-4-9-16(18,10-13-17)15-7-5-14(2)6-8-15/h5-8,18H,3-4,9-13H2,1-2H3. The van der Waals surface area contributed by atoms with Crippen LogP contribution in [0.25, 0.3) is 0 Å². The minimum absolute atomic E-state index is 0.615. The number of aryl methyl sites for hydroxylation is 1. The third-order valence-corrected chi connectivity index (χ3v) is 4.04. The molecule has 1 aromatic carbocycles. The Balaban J connectivity index is 2.09. The topological polar surface area (TPSA) is 23.5 Å². The van der Waals surface area contributed by atoms with Gasteiger partial charge in [0.25, 0.3) is 0 Å². The maximum atomic E-state index is 10.9. The Hall–Kier alpha value is -0.860. The Kier molecular flexibility index (Phi) is 4.41. The number of benzene rings is 1. The monoisotopic (exact) mass is 247 g/mol. The first-order chi connectivity index (χ1) is 8.64. The third kappa shape index (κ3) is 3.12. The van der Waals surface area contributed by atoms with E-state index < -0.39 is 5.60 Å². The van der Waals surface area contributed by atoms with Crippen LogP contribution in [-0.4, -0.2) is 29.6 Å². The molecule has 0 bridgehead atoms. The van der Waals surface area contributed by atoms with Crippen molar-refractivity contribution in [2.45, 2.75) is 45.1 Å². The van der Waals surface area contributed by atoms with E-state index in [1.165, 1.54) is 12.0 Å². The van der Waals surface area contributed by atoms with Gasteiger partial charge in [-0.3, -0.25) is 0 Å². The average Bonchev–Trinajstić information content (AvgIpc) is 2.54. The Morgan fingerprint density at radius 2 is 1.89 bits per heavy atom. The van der Waals surface area contributed by atoms with Crippen LogP contribution in [0.2, 0.25) is 0 Å². The molecule has 0 aromatic heterocycles. The predicted molar refractivity (Wildman–Crippen MR) is 75.7 cm³/mol. The Bertz CT molecular complexity index is 373. The molecule has 2 nitrogen and oxygen atoms in total. The summed E-state index contributed by atoms with van der Waals surface area (Å²) >= 11 is 0. The molecular weight excluding hydrogens is 222 g/mol. The Morgan fingerprint density at radius 3 is 2.56 bits per heavy atom. The van der Waals surface area contributed by atoms with Gasteiger partial charge >= 0.3 is 0 Å². The van der Waals surface area contributed by atoms with Crippen LogP contribution in [0.4, 0.5) is 0 Å². The van der Waals surface area contributed by atoms with E-state index >= 15 is 0 Å². The normalized spacial score (nSPS) is 25.9. The summed E-state index contributed by atoms with van der Waals surface area (Å²) in [4.78, 5) is 2.48. The van der Waals surface area contributed by atoms with Crippen molar-refractivity contribution in [2.24, 2.45) is 0 Å². The lowest BCUT2D eigenvalue weighted by molar-refractivity contribution is 0.0212. The lowest BCUT2D eigenvalue weighted by Crippen LogP contribution is -2.29. The zero-order valence-electron chi connectivity index (χ0n) is 11.7. The van der Waals surface area contributed by atoms with Crippen LogP contribution < -0.4 is 0 Å². The van der Waals surface area contributed by atoms with E-state index in [1.807, 2.05) is 0 Å². The van der Waals surface area contributed by atoms with E-state index in [1.54, 1.807) is 0 Å². The molecule has 0 saturated carbocycles. The number of nitrogens with zero attached hydrogens (tertiary/aromatic N) is 1. The summed E-state index contributed by atoms with van der Waals surface area (Å²) in [5.41, 5.74) is 1.73. The first kappa shape index (κ1) is 13.6. The lowest BCUT2D eigenvalue weighted by atomic mass is 9.86. The zero-order valence-corrected chi connectivity index (χ0v) is 11.7. The van der Waals surface area contributed by atoms with Crippen molar-refractivity contribution in [3.05, 3.63) is 35.4 Å². The predicted octanol–water partition coefficient (Wildman–Crippen LogP) is 3.08. The van der Waals surface area contributed by atoms with Gasteiger partial charge in [0.1, 0.15) is 0 Å². The molecule has 1 fully saturated rings. The van der Waals surface area contributed by atoms with Crippen LogP contribution in [0.1, 0.15) is 43.7 Å². The van der Waals surface area contributed by atoms with Crippen LogP contribution >= 0.6 is 0 Å². The Morgan fingerprint density at radius 1 is 1.17 bits per heavy atom. The van der Waals surface area contributed by atoms with Gasteiger partial charge in [-0.05, 0) is 51.3 Å². The highest BCUT2D eigenvalue weighted by atomic mass is 16.3. The van der Waals surface area contributed by atoms with Gasteiger partial charge in [-0.1, -0.05) is 36.8 Å². The molecule has 0 radical (unpaired) electrons. The molecule has 2 heteroatoms. The van der Waals surface area contributed by atoms with Crippen LogP contribution in [0.5, 0.6) is 0 Å². The second kappa shape index (κ2) is 5.85. The van der Waals surface area contributed by atoms with Gasteiger partial charge < -0.3 is 10.0 Å². The summed E-state index contributed by atoms with van der Waals surface area (Å²) in [6.45, 7) is 7.60. The molecule has 0 amide bonds. The van der Waals surface area contributed by atoms with Gasteiger partial charge in [-0.2, -0.15) is 0 Å². The molecule has 1 aliphatic heterocycles. The minimum atomic E-state index is -0.615. The molecular formula is C16H25NO. The smallest absolute Gasteiger partial charge is 0.0909 e. The van der Waals surface area contributed by atoms with Gasteiger partial charge in [-0.15, -0.1) is 0 Å². The van der Waals surface area contributed by atoms with E-state index in [-0.39, 0.29) is 0 Å². The fourth-order valence-corrected chi connectivity index (χ4v) is 2.87. The van der Waals surface area contributed by atoms with Crippen LogP contribution in [0, 0.1) is 6.92 Å². The lowest BCUT2D eigenvalue weighted by Gasteiger charge is -2.27. The first-order valence-corrected chi connectivity index (χ1v) is 7.16. The molecule has 100 valence electrons. The molecule has 1 unspecified atom stereocenters. The molecule has 2 rings (SSSR count). The highest BCUT2D eigenvalue weighted by molar-refractivity contribution is 5.26. The van der Waals surface area contributed by atoms with Crippen molar-refractivity contribution in [2.75, 3.05) is 19.6 Å². The van der Waals surface area contributed by atoms with Crippen LogP contribution in [-0.2, 0) is 5.60 Å². The van der Waals surface area contributed by atoms with Crippen LogP contribution in [0.15, 0.2) is 24.3 Å². The quantitative estimate of drug-likeness (QED) is 0.887. The van der Waals surface area contributed by atoms with Gasteiger partial charge in [-0.25, -0.2) is 0 Å². The molecule has 0 spiro atoms. The molecule has 1 heterocycles. The number of hydrogen-bond acceptors (Lipinski definition) is 2. The molecule has 1 aromatic rings. The molecule has 1 atom stereocenters. The number of likely N-dealkylation sites (tertiary alicyclic amines) is 1. The zero-order chi connectivity index (χ0) is 13.0. The molecule has 1 N–H and O–H groups in total. The summed E-state index contributed by atoms with van der Waals surface area (Å²) in [6, 6.07) is 8.37. The molecule has 18 heavy (non-hydrogen) atoms. The van der Waals surface area contributed by atoms with E-state index in [2.05, 4.69) is 43.0 Å². The minimum Gasteiger partial charge on any atom is -0.385 e. The van der Waals surface area contributed by atoms with E-state index in [9.17, 15) is 5.11 Å². The summed E-state index contributed by atoms with van der Waals surface area (Å²) in [6.07, 6.45) is 4.03. The van der Waals surface area contributed by atoms with Gasteiger partial charge in [0.15, 0.2) is 0 Å². The van der Waals surface area contributed by atoms with E-state index in [0.29, 0.717) is 0 Å². The largest absolute Gasteiger partial charge is 0.385 e. The van der Waals surface area contributed by atoms with Crippen molar-refractivity contribution in [1.82, 2.24) is 4.90 Å². The Labute approximate surface area is 111 Å². The summed E-state index contributed by atoms with van der Waals surface area (Å²) in [7, 11) is 0. The highest BCUT2D eigenvalue weighted by Crippen LogP contribution is 2.32. The van der Waals surface area contributed by atoms with E-state index in [4.69, 9.17) is 0 Å². The average molecular weight is 247 g/mol. The second-order valence-corrected chi connectivity index (χ2v) is 5.59. The van der Waals surface area contributed by atoms with Crippen molar-refractivity contribution in [1.29, 1.82) is 0 Å². The summed E-state index contributed by atoms with van der Waals surface area (Å²) in [5.74, 6) is 0. The van der Waals surface area contributed by atoms with Crippen molar-refractivity contribution in [3.8, 4) is 0 Å². The third-order valence-electron chi connectivity index (χ3n) is 4.04. The van der Waals surface area contributed by atoms with Crippen molar-refractivity contribution >= 4 is 0 Å². The van der Waals surface area contributed by atoms with Crippen LogP contribution in [0.3, 0.4) is 0 Å².